The van der Waals surface area contributed by atoms with Crippen LogP contribution in [0.4, 0.5) is 5.69 Å². The second-order valence-corrected chi connectivity index (χ2v) is 11.2. The van der Waals surface area contributed by atoms with E-state index in [0.29, 0.717) is 22.1 Å². The number of nitrogens with zero attached hydrogens (tertiary/aromatic N) is 2. The number of carboxylic acids is 2. The van der Waals surface area contributed by atoms with Crippen molar-refractivity contribution in [2.45, 2.75) is 64.3 Å². The number of allylic oxidation sites excluding steroid dienone is 2. The number of nitrogens with one attached hydrogen (secondary N) is 3. The van der Waals surface area contributed by atoms with Gasteiger partial charge in [0, 0.05) is 55.8 Å². The van der Waals surface area contributed by atoms with Crippen molar-refractivity contribution in [2.75, 3.05) is 44.6 Å². The van der Waals surface area contributed by atoms with Crippen molar-refractivity contribution in [3.63, 3.8) is 0 Å². The zero-order valence-electron chi connectivity index (χ0n) is 23.0. The Labute approximate surface area is 236 Å². The maximum atomic E-state index is 12.0. The van der Waals surface area contributed by atoms with Gasteiger partial charge in [-0.25, -0.2) is 9.59 Å². The lowest BCUT2D eigenvalue weighted by Gasteiger charge is -2.40. The second-order valence-electron chi connectivity index (χ2n) is 10.8. The van der Waals surface area contributed by atoms with E-state index in [-0.39, 0.29) is 11.1 Å². The van der Waals surface area contributed by atoms with Crippen LogP contribution < -0.4 is 16.0 Å². The Morgan fingerprint density at radius 2 is 1.54 bits per heavy atom. The molecule has 1 aromatic rings. The highest BCUT2D eigenvalue weighted by atomic mass is 32.1. The lowest BCUT2D eigenvalue weighted by molar-refractivity contribution is -0.133. The highest BCUT2D eigenvalue weighted by molar-refractivity contribution is 7.80. The quantitative estimate of drug-likeness (QED) is 0.228. The minimum atomic E-state index is -1.14. The molecule has 39 heavy (non-hydrogen) atoms. The lowest BCUT2D eigenvalue weighted by atomic mass is 9.80. The number of dihydropyridines is 1. The molecule has 0 atom stereocenters. The number of piperazine rings is 1. The van der Waals surface area contributed by atoms with E-state index in [1.807, 2.05) is 0 Å². The van der Waals surface area contributed by atoms with E-state index >= 15 is 0 Å². The van der Waals surface area contributed by atoms with Gasteiger partial charge in [-0.05, 0) is 69.6 Å². The average molecular weight is 556 g/mol. The molecular formula is C29H41N5O4S. The average Bonchev–Trinajstić information content (AvgIpc) is 2.91. The Kier molecular flexibility index (Phi) is 9.99. The van der Waals surface area contributed by atoms with Gasteiger partial charge in [0.25, 0.3) is 0 Å². The molecule has 3 aliphatic rings. The molecule has 10 heteroatoms. The Balaban J connectivity index is 1.24. The summed E-state index contributed by atoms with van der Waals surface area (Å²) in [4.78, 5) is 29.2. The maximum absolute atomic E-state index is 12.0. The molecule has 9 nitrogen and oxygen atoms in total. The largest absolute Gasteiger partial charge is 0.478 e. The molecule has 0 aromatic heterocycles. The second kappa shape index (κ2) is 13.4. The van der Waals surface area contributed by atoms with Crippen LogP contribution in [0.5, 0.6) is 0 Å². The number of hydrogen-bond acceptors (Lipinski definition) is 6. The van der Waals surface area contributed by atoms with Gasteiger partial charge in [-0.3, -0.25) is 4.90 Å². The van der Waals surface area contributed by atoms with E-state index in [0.717, 1.165) is 44.3 Å². The van der Waals surface area contributed by atoms with Crippen LogP contribution in [-0.4, -0.2) is 82.4 Å². The molecule has 0 unspecified atom stereocenters. The molecule has 0 amide bonds. The van der Waals surface area contributed by atoms with Crippen LogP contribution >= 0.6 is 12.2 Å². The molecule has 1 aliphatic carbocycles. The minimum absolute atomic E-state index is 0.0336. The summed E-state index contributed by atoms with van der Waals surface area (Å²) >= 11 is 5.47. The molecule has 1 saturated carbocycles. The number of thiocarbonyl (C=S) groups is 1. The lowest BCUT2D eigenvalue weighted by Crippen LogP contribution is -2.51. The summed E-state index contributed by atoms with van der Waals surface area (Å²) in [6.07, 6.45) is 7.92. The van der Waals surface area contributed by atoms with Gasteiger partial charge >= 0.3 is 11.9 Å². The summed E-state index contributed by atoms with van der Waals surface area (Å²) in [5.74, 6) is -3.16. The third-order valence-corrected chi connectivity index (χ3v) is 8.40. The van der Waals surface area contributed by atoms with Crippen LogP contribution in [0.2, 0.25) is 0 Å². The van der Waals surface area contributed by atoms with Gasteiger partial charge in [0.2, 0.25) is 0 Å². The fourth-order valence-corrected chi connectivity index (χ4v) is 6.35. The molecule has 212 valence electrons. The van der Waals surface area contributed by atoms with Crippen LogP contribution in [-0.2, 0) is 9.59 Å². The first-order chi connectivity index (χ1) is 18.7. The fraction of sp³-hybridized carbons (Fsp3) is 0.552. The minimum Gasteiger partial charge on any atom is -0.478 e. The molecule has 1 saturated heterocycles. The van der Waals surface area contributed by atoms with Crippen molar-refractivity contribution < 1.29 is 19.8 Å². The molecule has 0 spiro atoms. The number of carbonyl (C=O) groups is 2. The zero-order chi connectivity index (χ0) is 27.9. The van der Waals surface area contributed by atoms with Crippen molar-refractivity contribution in [3.05, 3.63) is 52.4 Å². The Bertz CT molecular complexity index is 1080. The van der Waals surface area contributed by atoms with Gasteiger partial charge in [-0.15, -0.1) is 0 Å². The number of carboxylic acid groups (broad SMARTS) is 2. The van der Waals surface area contributed by atoms with Crippen molar-refractivity contribution in [1.29, 1.82) is 0 Å². The van der Waals surface area contributed by atoms with E-state index in [4.69, 9.17) is 12.2 Å². The van der Waals surface area contributed by atoms with Crippen LogP contribution in [0, 0.1) is 0 Å². The molecule has 1 aromatic carbocycles. The summed E-state index contributed by atoms with van der Waals surface area (Å²) in [7, 11) is 0. The Hall–Kier alpha value is -2.95. The number of benzene rings is 1. The first-order valence-corrected chi connectivity index (χ1v) is 14.4. The highest BCUT2D eigenvalue weighted by Crippen LogP contribution is 2.38. The van der Waals surface area contributed by atoms with Gasteiger partial charge in [-0.2, -0.15) is 0 Å². The van der Waals surface area contributed by atoms with Gasteiger partial charge in [0.15, 0.2) is 5.11 Å². The van der Waals surface area contributed by atoms with Gasteiger partial charge in [-0.1, -0.05) is 31.4 Å². The van der Waals surface area contributed by atoms with E-state index in [2.05, 4.69) is 25.8 Å². The summed E-state index contributed by atoms with van der Waals surface area (Å²) in [5.41, 5.74) is 2.29. The third-order valence-electron chi connectivity index (χ3n) is 8.16. The summed E-state index contributed by atoms with van der Waals surface area (Å²) in [6, 6.07) is 7.89. The van der Waals surface area contributed by atoms with Crippen molar-refractivity contribution in [2.24, 2.45) is 0 Å². The Morgan fingerprint density at radius 1 is 0.949 bits per heavy atom. The van der Waals surface area contributed by atoms with E-state index in [9.17, 15) is 19.8 Å². The SMILES string of the molecule is CC1=C(C(=O)O)C(c2ccc(NC(=S)NCCCN3CCN(C4CCCCC4)CC3)cc2)C(C(=O)O)=C(C)N1. The maximum Gasteiger partial charge on any atom is 0.334 e. The molecule has 2 aliphatic heterocycles. The van der Waals surface area contributed by atoms with Crippen LogP contribution in [0.15, 0.2) is 46.8 Å². The van der Waals surface area contributed by atoms with Crippen molar-refractivity contribution in [1.82, 2.24) is 20.4 Å². The van der Waals surface area contributed by atoms with Crippen molar-refractivity contribution in [3.8, 4) is 0 Å². The summed E-state index contributed by atoms with van der Waals surface area (Å²) < 4.78 is 0. The number of anilines is 1. The van der Waals surface area contributed by atoms with Crippen molar-refractivity contribution >= 4 is 35.0 Å². The number of aliphatic carboxylic acids is 2. The normalized spacial score (nSPS) is 20.1. The topological polar surface area (TPSA) is 117 Å². The van der Waals surface area contributed by atoms with E-state index in [1.54, 1.807) is 38.1 Å². The smallest absolute Gasteiger partial charge is 0.334 e. The summed E-state index contributed by atoms with van der Waals surface area (Å²) in [6.45, 7) is 9.76. The summed E-state index contributed by atoms with van der Waals surface area (Å²) in [5, 5.41) is 29.4. The zero-order valence-corrected chi connectivity index (χ0v) is 23.8. The molecule has 0 bridgehead atoms. The van der Waals surface area contributed by atoms with Gasteiger partial charge < -0.3 is 31.1 Å². The third kappa shape index (κ3) is 7.38. The first-order valence-electron chi connectivity index (χ1n) is 14.0. The van der Waals surface area contributed by atoms with E-state index < -0.39 is 17.9 Å². The number of hydrogen-bond donors (Lipinski definition) is 5. The monoisotopic (exact) mass is 555 g/mol. The molecule has 0 radical (unpaired) electrons. The fourth-order valence-electron chi connectivity index (χ4n) is 6.13. The molecule has 2 fully saturated rings. The van der Waals surface area contributed by atoms with Gasteiger partial charge in [0.1, 0.15) is 0 Å². The number of rotatable bonds is 9. The van der Waals surface area contributed by atoms with Crippen LogP contribution in [0.25, 0.3) is 0 Å². The Morgan fingerprint density at radius 3 is 2.10 bits per heavy atom. The highest BCUT2D eigenvalue weighted by Gasteiger charge is 2.36. The molecule has 4 rings (SSSR count). The molecule has 5 N–H and O–H groups in total. The molecule has 2 heterocycles. The van der Waals surface area contributed by atoms with Crippen LogP contribution in [0.3, 0.4) is 0 Å². The van der Waals surface area contributed by atoms with E-state index in [1.165, 1.54) is 45.2 Å². The van der Waals surface area contributed by atoms with Gasteiger partial charge in [0.05, 0.1) is 17.1 Å². The van der Waals surface area contributed by atoms with Crippen LogP contribution in [0.1, 0.15) is 63.9 Å². The first kappa shape index (κ1) is 29.0. The molecular weight excluding hydrogens is 514 g/mol. The predicted molar refractivity (Wildman–Crippen MR) is 157 cm³/mol. The predicted octanol–water partition coefficient (Wildman–Crippen LogP) is 3.72. The standard InChI is InChI=1S/C29H41N5O4S/c1-19-24(27(35)36)26(25(28(37)38)20(2)31-19)21-9-11-22(12-10-21)32-29(39)30-13-6-14-33-15-17-34(18-16-33)23-7-4-3-5-8-23/h9-12,23,26,31H,3-8,13-18H2,1-2H3,(H,35,36)(H,37,38)(H2,30,32,39).